The van der Waals surface area contributed by atoms with Crippen LogP contribution in [0, 0.1) is 24.1 Å². The molecule has 2 aromatic rings. The van der Waals surface area contributed by atoms with Crippen molar-refractivity contribution in [2.45, 2.75) is 24.3 Å². The summed E-state index contributed by atoms with van der Waals surface area (Å²) < 4.78 is 41.0. The Bertz CT molecular complexity index is 826. The number of aryl methyl sites for hydroxylation is 1. The smallest absolute Gasteiger partial charge is 0.207 e. The fourth-order valence-electron chi connectivity index (χ4n) is 2.05. The molecule has 0 heterocycles. The molecule has 0 unspecified atom stereocenters. The van der Waals surface area contributed by atoms with E-state index in [9.17, 15) is 18.1 Å². The summed E-state index contributed by atoms with van der Waals surface area (Å²) in [4.78, 5) is 0.0240. The number of hydrogen-bond donors (Lipinski definition) is 1. The maximum Gasteiger partial charge on any atom is 0.242 e. The molecule has 0 aliphatic carbocycles. The highest BCUT2D eigenvalue weighted by Crippen LogP contribution is 2.25. The standard InChI is InChI=1S/C16H15FN2O2S/c1-12-7-9-13(10-8-12)22(20,21)19-16(2,11-18)14-5-3-4-6-15(14)17/h3-10,19H,1-2H3/t16-/m0/s1. The number of sulfonamides is 1. The van der Waals surface area contributed by atoms with Crippen LogP contribution in [0.4, 0.5) is 4.39 Å². The summed E-state index contributed by atoms with van der Waals surface area (Å²) in [6.45, 7) is 3.17. The minimum atomic E-state index is -3.95. The lowest BCUT2D eigenvalue weighted by Crippen LogP contribution is -2.42. The van der Waals surface area contributed by atoms with Crippen molar-refractivity contribution in [3.63, 3.8) is 0 Å². The van der Waals surface area contributed by atoms with Crippen molar-refractivity contribution in [3.8, 4) is 6.07 Å². The van der Waals surface area contributed by atoms with Crippen molar-refractivity contribution < 1.29 is 12.8 Å². The van der Waals surface area contributed by atoms with Gasteiger partial charge >= 0.3 is 0 Å². The van der Waals surface area contributed by atoms with Gasteiger partial charge in [0.1, 0.15) is 11.4 Å². The maximum atomic E-state index is 13.9. The molecule has 0 spiro atoms. The third-order valence-electron chi connectivity index (χ3n) is 3.31. The second-order valence-corrected chi connectivity index (χ2v) is 6.82. The molecule has 0 aliphatic heterocycles. The van der Waals surface area contributed by atoms with E-state index < -0.39 is 21.4 Å². The Hall–Kier alpha value is -2.23. The van der Waals surface area contributed by atoms with Gasteiger partial charge in [0.05, 0.1) is 11.0 Å². The number of nitrogens with zero attached hydrogens (tertiary/aromatic N) is 1. The third-order valence-corrected chi connectivity index (χ3v) is 4.88. The summed E-state index contributed by atoms with van der Waals surface area (Å²) in [7, 11) is -3.95. The second kappa shape index (κ2) is 5.87. The molecule has 6 heteroatoms. The van der Waals surface area contributed by atoms with Gasteiger partial charge in [-0.05, 0) is 32.0 Å². The van der Waals surface area contributed by atoms with E-state index in [1.807, 2.05) is 13.0 Å². The number of nitrogens with one attached hydrogen (secondary N) is 1. The number of halogens is 1. The van der Waals surface area contributed by atoms with Crippen molar-refractivity contribution in [3.05, 3.63) is 65.5 Å². The van der Waals surface area contributed by atoms with Gasteiger partial charge in [0.25, 0.3) is 0 Å². The van der Waals surface area contributed by atoms with E-state index in [1.54, 1.807) is 18.2 Å². The van der Waals surface area contributed by atoms with Gasteiger partial charge < -0.3 is 0 Å². The molecular formula is C16H15FN2O2S. The molecule has 4 nitrogen and oxygen atoms in total. The molecule has 1 N–H and O–H groups in total. The van der Waals surface area contributed by atoms with Crippen molar-refractivity contribution in [2.24, 2.45) is 0 Å². The molecule has 2 aromatic carbocycles. The number of nitriles is 1. The van der Waals surface area contributed by atoms with Gasteiger partial charge in [-0.3, -0.25) is 0 Å². The second-order valence-electron chi connectivity index (χ2n) is 5.14. The zero-order valence-electron chi connectivity index (χ0n) is 12.2. The Kier molecular flexibility index (Phi) is 4.31. The predicted molar refractivity (Wildman–Crippen MR) is 80.9 cm³/mol. The Balaban J connectivity index is 2.44. The molecule has 0 amide bonds. The SMILES string of the molecule is Cc1ccc(S(=O)(=O)N[C@@](C)(C#N)c2ccccc2F)cc1. The van der Waals surface area contributed by atoms with E-state index in [4.69, 9.17) is 0 Å². The van der Waals surface area contributed by atoms with Gasteiger partial charge in [0, 0.05) is 5.56 Å². The van der Waals surface area contributed by atoms with Crippen LogP contribution >= 0.6 is 0 Å². The topological polar surface area (TPSA) is 70.0 Å². The minimum absolute atomic E-state index is 0.0202. The van der Waals surface area contributed by atoms with Crippen LogP contribution in [0.5, 0.6) is 0 Å². The van der Waals surface area contributed by atoms with E-state index in [-0.39, 0.29) is 10.5 Å². The number of rotatable bonds is 4. The van der Waals surface area contributed by atoms with Crippen LogP contribution in [0.15, 0.2) is 53.4 Å². The summed E-state index contributed by atoms with van der Waals surface area (Å²) in [5, 5.41) is 9.37. The normalized spacial score (nSPS) is 14.1. The quantitative estimate of drug-likeness (QED) is 0.942. The van der Waals surface area contributed by atoms with Gasteiger partial charge in [-0.2, -0.15) is 9.98 Å². The first-order valence-electron chi connectivity index (χ1n) is 6.55. The van der Waals surface area contributed by atoms with Crippen LogP contribution in [0.1, 0.15) is 18.1 Å². The molecule has 0 bridgehead atoms. The average Bonchev–Trinajstić information content (AvgIpc) is 2.47. The molecule has 0 radical (unpaired) electrons. The molecule has 0 saturated heterocycles. The third kappa shape index (κ3) is 3.16. The lowest BCUT2D eigenvalue weighted by atomic mass is 9.94. The Morgan fingerprint density at radius 1 is 1.14 bits per heavy atom. The highest BCUT2D eigenvalue weighted by Gasteiger charge is 2.34. The van der Waals surface area contributed by atoms with Crippen LogP contribution < -0.4 is 4.72 Å². The first-order chi connectivity index (χ1) is 10.3. The largest absolute Gasteiger partial charge is 0.242 e. The fourth-order valence-corrected chi connectivity index (χ4v) is 3.36. The Morgan fingerprint density at radius 3 is 2.27 bits per heavy atom. The Morgan fingerprint density at radius 2 is 1.73 bits per heavy atom. The van der Waals surface area contributed by atoms with Gasteiger partial charge in [-0.25, -0.2) is 12.8 Å². The summed E-state index contributed by atoms with van der Waals surface area (Å²) in [5.74, 6) is -0.641. The van der Waals surface area contributed by atoms with E-state index in [1.165, 1.54) is 37.3 Å². The molecule has 0 fully saturated rings. The number of benzene rings is 2. The monoisotopic (exact) mass is 318 g/mol. The minimum Gasteiger partial charge on any atom is -0.207 e. The van der Waals surface area contributed by atoms with Crippen molar-refractivity contribution >= 4 is 10.0 Å². The van der Waals surface area contributed by atoms with Crippen LogP contribution in [0.2, 0.25) is 0 Å². The van der Waals surface area contributed by atoms with Crippen LogP contribution in [-0.2, 0) is 15.6 Å². The van der Waals surface area contributed by atoms with Crippen molar-refractivity contribution in [1.29, 1.82) is 5.26 Å². The van der Waals surface area contributed by atoms with Crippen LogP contribution in [0.3, 0.4) is 0 Å². The summed E-state index contributed by atoms with van der Waals surface area (Å²) in [5.41, 5.74) is -0.806. The van der Waals surface area contributed by atoms with Crippen LogP contribution in [-0.4, -0.2) is 8.42 Å². The molecule has 1 atom stereocenters. The molecule has 0 aromatic heterocycles. The summed E-state index contributed by atoms with van der Waals surface area (Å²) in [6.07, 6.45) is 0. The Labute approximate surface area is 129 Å². The van der Waals surface area contributed by atoms with Crippen LogP contribution in [0.25, 0.3) is 0 Å². The lowest BCUT2D eigenvalue weighted by molar-refractivity contribution is 0.496. The van der Waals surface area contributed by atoms with Crippen molar-refractivity contribution in [2.75, 3.05) is 0 Å². The van der Waals surface area contributed by atoms with E-state index in [0.717, 1.165) is 5.56 Å². The van der Waals surface area contributed by atoms with Gasteiger partial charge in [0.2, 0.25) is 10.0 Å². The molecule has 2 rings (SSSR count). The predicted octanol–water partition coefficient (Wildman–Crippen LogP) is 2.85. The molecular weight excluding hydrogens is 303 g/mol. The number of hydrogen-bond acceptors (Lipinski definition) is 3. The zero-order valence-corrected chi connectivity index (χ0v) is 13.0. The first kappa shape index (κ1) is 16.1. The molecule has 0 saturated carbocycles. The molecule has 114 valence electrons. The summed E-state index contributed by atoms with van der Waals surface area (Å²) >= 11 is 0. The highest BCUT2D eigenvalue weighted by atomic mass is 32.2. The maximum absolute atomic E-state index is 13.9. The fraction of sp³-hybridized carbons (Fsp3) is 0.188. The van der Waals surface area contributed by atoms with E-state index in [0.29, 0.717) is 0 Å². The first-order valence-corrected chi connectivity index (χ1v) is 8.04. The van der Waals surface area contributed by atoms with Gasteiger partial charge in [-0.1, -0.05) is 35.9 Å². The van der Waals surface area contributed by atoms with E-state index >= 15 is 0 Å². The summed E-state index contributed by atoms with van der Waals surface area (Å²) in [6, 6.07) is 13.6. The zero-order chi connectivity index (χ0) is 16.4. The molecule has 22 heavy (non-hydrogen) atoms. The van der Waals surface area contributed by atoms with Gasteiger partial charge in [0.15, 0.2) is 0 Å². The molecule has 0 aliphatic rings. The van der Waals surface area contributed by atoms with Gasteiger partial charge in [-0.15, -0.1) is 0 Å². The average molecular weight is 318 g/mol. The van der Waals surface area contributed by atoms with Crippen molar-refractivity contribution in [1.82, 2.24) is 4.72 Å². The van der Waals surface area contributed by atoms with E-state index in [2.05, 4.69) is 4.72 Å². The lowest BCUT2D eigenvalue weighted by Gasteiger charge is -2.24. The highest BCUT2D eigenvalue weighted by molar-refractivity contribution is 7.89.